The number of hydrogen-bond acceptors (Lipinski definition) is 26. The SMILES string of the molecule is COc1ccc(C=CC(=O)OC2C(C)OC(OC(=O)C34CCC(C)(C)CC3C3=CCC5C6(C)CC(O)C(OC7OC(CO)C(O)C(O)C7O)C(C)(C(=O)O)C6CCC5(C)C3(CO)CC4)C(OC3OC(C)C(OC4OCC(O)C(O)C4O)C(O)C3O)C2O)cc1OC. The van der Waals surface area contributed by atoms with Crippen LogP contribution in [0.4, 0.5) is 0 Å². The van der Waals surface area contributed by atoms with Crippen molar-refractivity contribution in [3.8, 4) is 11.5 Å². The molecular formula is C64H94O27. The molecule has 91 heavy (non-hydrogen) atoms. The molecule has 0 bridgehead atoms. The molecule has 27 heteroatoms. The summed E-state index contributed by atoms with van der Waals surface area (Å²) in [4.78, 5) is 43.3. The minimum absolute atomic E-state index is 0.0246. The van der Waals surface area contributed by atoms with E-state index in [9.17, 15) is 76.0 Å². The lowest BCUT2D eigenvalue weighted by Crippen LogP contribution is -2.71. The molecule has 1 aromatic carbocycles. The first-order valence-electron chi connectivity index (χ1n) is 31.6. The number of aliphatic hydroxyl groups excluding tert-OH is 12. The molecule has 0 amide bonds. The third kappa shape index (κ3) is 11.9. The van der Waals surface area contributed by atoms with Crippen LogP contribution in [0.25, 0.3) is 6.08 Å². The van der Waals surface area contributed by atoms with Gasteiger partial charge in [-0.25, -0.2) is 4.79 Å². The summed E-state index contributed by atoms with van der Waals surface area (Å²) in [5, 5.41) is 145. The van der Waals surface area contributed by atoms with Gasteiger partial charge >= 0.3 is 17.9 Å². The summed E-state index contributed by atoms with van der Waals surface area (Å²) in [5.41, 5.74) is -4.78. The predicted octanol–water partition coefficient (Wildman–Crippen LogP) is -0.0516. The molecule has 512 valence electrons. The van der Waals surface area contributed by atoms with Gasteiger partial charge in [0.1, 0.15) is 73.2 Å². The molecular weight excluding hydrogens is 1200 g/mol. The van der Waals surface area contributed by atoms with Crippen molar-refractivity contribution in [2.75, 3.05) is 34.0 Å². The highest BCUT2D eigenvalue weighted by molar-refractivity contribution is 5.87. The maximum Gasteiger partial charge on any atom is 0.331 e. The summed E-state index contributed by atoms with van der Waals surface area (Å²) in [5.74, 6) is -3.69. The molecule has 4 saturated heterocycles. The first kappa shape index (κ1) is 69.8. The molecule has 10 rings (SSSR count). The lowest BCUT2D eigenvalue weighted by molar-refractivity contribution is -0.373. The summed E-state index contributed by atoms with van der Waals surface area (Å²) in [6.07, 6.45) is -26.8. The van der Waals surface area contributed by atoms with E-state index >= 15 is 4.79 Å². The fourth-order valence-corrected chi connectivity index (χ4v) is 17.8. The van der Waals surface area contributed by atoms with Gasteiger partial charge < -0.3 is 118 Å². The van der Waals surface area contributed by atoms with Gasteiger partial charge in [-0.1, -0.05) is 45.4 Å². The molecule has 13 N–H and O–H groups in total. The van der Waals surface area contributed by atoms with Crippen molar-refractivity contribution in [3.63, 3.8) is 0 Å². The van der Waals surface area contributed by atoms with Gasteiger partial charge in [0, 0.05) is 11.5 Å². The smallest absolute Gasteiger partial charge is 0.331 e. The van der Waals surface area contributed by atoms with Crippen LogP contribution in [0.5, 0.6) is 11.5 Å². The largest absolute Gasteiger partial charge is 0.493 e. The van der Waals surface area contributed by atoms with Gasteiger partial charge in [-0.15, -0.1) is 0 Å². The van der Waals surface area contributed by atoms with E-state index in [1.807, 2.05) is 6.92 Å². The highest BCUT2D eigenvalue weighted by atomic mass is 16.8. The molecule has 29 atom stereocenters. The Balaban J connectivity index is 0.938. The first-order valence-corrected chi connectivity index (χ1v) is 31.6. The van der Waals surface area contributed by atoms with Gasteiger partial charge in [-0.3, -0.25) is 9.59 Å². The topological polar surface area (TPSA) is 416 Å². The fourth-order valence-electron chi connectivity index (χ4n) is 17.8. The Labute approximate surface area is 527 Å². The Morgan fingerprint density at radius 1 is 0.637 bits per heavy atom. The second-order valence-corrected chi connectivity index (χ2v) is 28.5. The number of fused-ring (bicyclic) bond motifs is 7. The lowest BCUT2D eigenvalue weighted by atomic mass is 9.33. The standard InChI is InChI=1S/C64H94O27/c1-28-49(88-53-45(74)41(70)34(68)26-83-53)44(73)47(76)54(84-28)89-51-48(77)50(87-40(69)15-11-30-10-13-35(81-8)36(22-30)82-9)29(2)85-56(51)91-58(80)63-19-18-59(3,4)23-32(63)31-12-14-38-60(5)24-33(67)52(90-55-46(75)43(72)42(71)37(25-65)86-55)62(7,57(78)79)39(60)16-17-61(38,6)64(31,27-66)21-20-63/h10-13,15,22,28-29,32-34,37-39,41-56,65-68,70-77H,14,16-21,23-27H2,1-9H3,(H,78,79). The van der Waals surface area contributed by atoms with Gasteiger partial charge in [-0.05, 0) is 136 Å². The zero-order chi connectivity index (χ0) is 66.4. The molecule has 1 aromatic rings. The molecule has 29 unspecified atom stereocenters. The van der Waals surface area contributed by atoms with E-state index in [-0.39, 0.29) is 43.6 Å². The minimum atomic E-state index is -1.99. The van der Waals surface area contributed by atoms with Crippen molar-refractivity contribution in [2.24, 2.45) is 50.2 Å². The highest BCUT2D eigenvalue weighted by Gasteiger charge is 2.74. The zero-order valence-corrected chi connectivity index (χ0v) is 52.8. The predicted molar refractivity (Wildman–Crippen MR) is 311 cm³/mol. The number of aliphatic hydroxyl groups is 12. The Morgan fingerprint density at radius 3 is 1.95 bits per heavy atom. The molecule has 0 spiro atoms. The molecule has 0 aromatic heterocycles. The Morgan fingerprint density at radius 2 is 1.27 bits per heavy atom. The summed E-state index contributed by atoms with van der Waals surface area (Å²) >= 11 is 0. The average molecular weight is 1300 g/mol. The molecule has 4 aliphatic heterocycles. The molecule has 0 radical (unpaired) electrons. The van der Waals surface area contributed by atoms with Gasteiger partial charge in [0.25, 0.3) is 0 Å². The number of carbonyl (C=O) groups is 3. The number of esters is 2. The van der Waals surface area contributed by atoms with Crippen LogP contribution in [0.2, 0.25) is 0 Å². The number of hydrogen-bond donors (Lipinski definition) is 13. The van der Waals surface area contributed by atoms with Gasteiger partial charge in [0.2, 0.25) is 6.29 Å². The number of carboxylic acid groups (broad SMARTS) is 1. The van der Waals surface area contributed by atoms with Crippen molar-refractivity contribution in [1.29, 1.82) is 0 Å². The quantitative estimate of drug-likeness (QED) is 0.0446. The van der Waals surface area contributed by atoms with E-state index in [0.717, 1.165) is 11.6 Å². The maximum atomic E-state index is 15.8. The fraction of sp³-hybridized carbons (Fsp3) is 0.797. The molecule has 5 aliphatic carbocycles. The number of allylic oxidation sites excluding steroid dienone is 1. The Bertz CT molecular complexity index is 2850. The summed E-state index contributed by atoms with van der Waals surface area (Å²) in [7, 11) is 2.93. The average Bonchev–Trinajstić information content (AvgIpc) is 0.671. The number of benzene rings is 1. The summed E-state index contributed by atoms with van der Waals surface area (Å²) < 4.78 is 65.0. The number of aliphatic carboxylic acids is 1. The van der Waals surface area contributed by atoms with Crippen LogP contribution in [-0.4, -0.2) is 247 Å². The van der Waals surface area contributed by atoms with Crippen molar-refractivity contribution < 1.29 is 133 Å². The Kier molecular flexibility index (Phi) is 20.1. The van der Waals surface area contributed by atoms with E-state index in [1.165, 1.54) is 41.1 Å². The molecule has 8 fully saturated rings. The molecule has 27 nitrogen and oxygen atoms in total. The minimum Gasteiger partial charge on any atom is -0.493 e. The number of rotatable bonds is 16. The van der Waals surface area contributed by atoms with Crippen LogP contribution in [0.15, 0.2) is 35.9 Å². The second kappa shape index (κ2) is 26.2. The van der Waals surface area contributed by atoms with Crippen molar-refractivity contribution in [1.82, 2.24) is 0 Å². The highest BCUT2D eigenvalue weighted by Crippen LogP contribution is 2.76. The zero-order valence-electron chi connectivity index (χ0n) is 52.8. The Hall–Kier alpha value is -4.05. The second-order valence-electron chi connectivity index (χ2n) is 28.5. The van der Waals surface area contributed by atoms with E-state index in [0.29, 0.717) is 49.2 Å². The first-order chi connectivity index (χ1) is 42.8. The molecule has 4 heterocycles. The van der Waals surface area contributed by atoms with Crippen LogP contribution < -0.4 is 9.47 Å². The third-order valence-corrected chi connectivity index (χ3v) is 23.0. The lowest BCUT2D eigenvalue weighted by Gasteiger charge is -2.71. The van der Waals surface area contributed by atoms with E-state index in [2.05, 4.69) is 26.8 Å². The number of carbonyl (C=O) groups excluding carboxylic acids is 2. The normalized spacial score (nSPS) is 47.9. The van der Waals surface area contributed by atoms with Gasteiger partial charge in [0.15, 0.2) is 42.6 Å². The summed E-state index contributed by atoms with van der Waals surface area (Å²) in [6.45, 7) is 11.2. The van der Waals surface area contributed by atoms with E-state index < -0.39 is 199 Å². The number of ether oxygens (including phenoxy) is 11. The molecule has 9 aliphatic rings. The van der Waals surface area contributed by atoms with Crippen LogP contribution in [0.1, 0.15) is 112 Å². The van der Waals surface area contributed by atoms with E-state index in [1.54, 1.807) is 18.2 Å². The van der Waals surface area contributed by atoms with E-state index in [4.69, 9.17) is 52.1 Å². The van der Waals surface area contributed by atoms with Crippen molar-refractivity contribution in [2.45, 2.75) is 235 Å². The number of methoxy groups -OCH3 is 2. The van der Waals surface area contributed by atoms with Crippen LogP contribution >= 0.6 is 0 Å². The van der Waals surface area contributed by atoms with Crippen LogP contribution in [-0.2, 0) is 57.0 Å². The van der Waals surface area contributed by atoms with Crippen LogP contribution in [0.3, 0.4) is 0 Å². The van der Waals surface area contributed by atoms with Crippen LogP contribution in [0, 0.1) is 50.2 Å². The van der Waals surface area contributed by atoms with Gasteiger partial charge in [-0.2, -0.15) is 0 Å². The maximum absolute atomic E-state index is 15.8. The van der Waals surface area contributed by atoms with Crippen molar-refractivity contribution in [3.05, 3.63) is 41.5 Å². The summed E-state index contributed by atoms with van der Waals surface area (Å²) in [6, 6.07) is 4.93. The number of carboxylic acids is 1. The molecule has 4 saturated carbocycles. The van der Waals surface area contributed by atoms with Crippen molar-refractivity contribution >= 4 is 24.0 Å². The monoisotopic (exact) mass is 1290 g/mol. The van der Waals surface area contributed by atoms with Gasteiger partial charge in [0.05, 0.1) is 63.2 Å². The third-order valence-electron chi connectivity index (χ3n) is 23.0.